The van der Waals surface area contributed by atoms with Crippen molar-refractivity contribution in [2.24, 2.45) is 5.84 Å². The zero-order chi connectivity index (χ0) is 12.1. The van der Waals surface area contributed by atoms with Gasteiger partial charge in [0.1, 0.15) is 0 Å². The maximum atomic E-state index is 11.5. The number of carbonyl (C=O) groups is 1. The number of nitro groups is 1. The quantitative estimate of drug-likeness (QED) is 0.299. The Morgan fingerprint density at radius 2 is 2.31 bits per heavy atom. The van der Waals surface area contributed by atoms with Crippen LogP contribution in [-0.4, -0.2) is 15.4 Å². The third-order valence-electron chi connectivity index (χ3n) is 1.94. The van der Waals surface area contributed by atoms with Gasteiger partial charge in [0.15, 0.2) is 0 Å². The molecule has 0 spiro atoms. The summed E-state index contributed by atoms with van der Waals surface area (Å²) >= 11 is 0. The summed E-state index contributed by atoms with van der Waals surface area (Å²) in [4.78, 5) is 32.0. The fourth-order valence-electron chi connectivity index (χ4n) is 1.13. The van der Waals surface area contributed by atoms with Crippen molar-refractivity contribution < 1.29 is 9.72 Å². The fraction of sp³-hybridized carbons (Fsp3) is 0.250. The standard InChI is InChI=1S/C8H10N4O4/c9-10-7(13)3-5-11-4-1-2-6(8(11)14)12(15)16/h1-2,4H,3,5,9H2,(H,10,13). The molecule has 8 nitrogen and oxygen atoms in total. The van der Waals surface area contributed by atoms with Crippen LogP contribution in [0.15, 0.2) is 23.1 Å². The summed E-state index contributed by atoms with van der Waals surface area (Å²) in [5, 5.41) is 10.5. The third kappa shape index (κ3) is 2.64. The molecule has 0 aliphatic carbocycles. The highest BCUT2D eigenvalue weighted by Gasteiger charge is 2.13. The number of aromatic nitrogens is 1. The van der Waals surface area contributed by atoms with Gasteiger partial charge in [-0.05, 0) is 6.07 Å². The molecule has 3 N–H and O–H groups in total. The maximum Gasteiger partial charge on any atom is 0.334 e. The van der Waals surface area contributed by atoms with Crippen LogP contribution in [0.2, 0.25) is 0 Å². The zero-order valence-electron chi connectivity index (χ0n) is 8.25. The average molecular weight is 226 g/mol. The summed E-state index contributed by atoms with van der Waals surface area (Å²) < 4.78 is 1.09. The number of aryl methyl sites for hydroxylation is 1. The summed E-state index contributed by atoms with van der Waals surface area (Å²) in [7, 11) is 0. The van der Waals surface area contributed by atoms with E-state index >= 15 is 0 Å². The van der Waals surface area contributed by atoms with Gasteiger partial charge >= 0.3 is 11.2 Å². The summed E-state index contributed by atoms with van der Waals surface area (Å²) in [6.45, 7) is 0.0452. The average Bonchev–Trinajstić information content (AvgIpc) is 2.26. The Kier molecular flexibility index (Phi) is 3.72. The number of hydrogen-bond acceptors (Lipinski definition) is 5. The van der Waals surface area contributed by atoms with E-state index in [2.05, 4.69) is 0 Å². The van der Waals surface area contributed by atoms with Crippen LogP contribution in [0.5, 0.6) is 0 Å². The van der Waals surface area contributed by atoms with E-state index in [0.29, 0.717) is 0 Å². The molecule has 0 atom stereocenters. The molecule has 1 aromatic heterocycles. The van der Waals surface area contributed by atoms with Gasteiger partial charge in [-0.2, -0.15) is 0 Å². The second-order valence-corrected chi connectivity index (χ2v) is 2.97. The SMILES string of the molecule is NNC(=O)CCn1cccc([N+](=O)[O-])c1=O. The molecule has 8 heteroatoms. The molecule has 16 heavy (non-hydrogen) atoms. The normalized spacial score (nSPS) is 9.81. The van der Waals surface area contributed by atoms with Crippen LogP contribution in [-0.2, 0) is 11.3 Å². The topological polar surface area (TPSA) is 120 Å². The van der Waals surface area contributed by atoms with Crippen molar-refractivity contribution in [2.45, 2.75) is 13.0 Å². The monoisotopic (exact) mass is 226 g/mol. The minimum absolute atomic E-state index is 0.0163. The Bertz CT molecular complexity index is 467. The van der Waals surface area contributed by atoms with Gasteiger partial charge in [0.25, 0.3) is 0 Å². The Morgan fingerprint density at radius 1 is 1.62 bits per heavy atom. The number of amides is 1. The van der Waals surface area contributed by atoms with Crippen molar-refractivity contribution >= 4 is 11.6 Å². The van der Waals surface area contributed by atoms with Gasteiger partial charge in [0.2, 0.25) is 5.91 Å². The van der Waals surface area contributed by atoms with E-state index in [1.165, 1.54) is 12.3 Å². The van der Waals surface area contributed by atoms with Gasteiger partial charge in [-0.1, -0.05) is 0 Å². The Balaban J connectivity index is 2.90. The maximum absolute atomic E-state index is 11.5. The second-order valence-electron chi connectivity index (χ2n) is 2.97. The van der Waals surface area contributed by atoms with Crippen LogP contribution in [0.1, 0.15) is 6.42 Å². The van der Waals surface area contributed by atoms with Crippen LogP contribution >= 0.6 is 0 Å². The number of hydrogen-bond donors (Lipinski definition) is 2. The van der Waals surface area contributed by atoms with E-state index in [1.54, 1.807) is 0 Å². The largest absolute Gasteiger partial charge is 0.334 e. The van der Waals surface area contributed by atoms with Crippen molar-refractivity contribution in [1.29, 1.82) is 0 Å². The first-order valence-electron chi connectivity index (χ1n) is 4.39. The Labute approximate surface area is 89.8 Å². The minimum atomic E-state index is -0.762. The van der Waals surface area contributed by atoms with Gasteiger partial charge in [-0.15, -0.1) is 0 Å². The van der Waals surface area contributed by atoms with E-state index in [0.717, 1.165) is 10.6 Å². The number of nitrogens with one attached hydrogen (secondary N) is 1. The van der Waals surface area contributed by atoms with Crippen LogP contribution in [0.3, 0.4) is 0 Å². The molecule has 1 rings (SSSR count). The summed E-state index contributed by atoms with van der Waals surface area (Å²) in [6.07, 6.45) is 1.36. The van der Waals surface area contributed by atoms with E-state index in [4.69, 9.17) is 5.84 Å². The molecule has 0 saturated carbocycles. The Morgan fingerprint density at radius 3 is 2.88 bits per heavy atom. The molecular weight excluding hydrogens is 216 g/mol. The fourth-order valence-corrected chi connectivity index (χ4v) is 1.13. The van der Waals surface area contributed by atoms with Gasteiger partial charge < -0.3 is 4.57 Å². The lowest BCUT2D eigenvalue weighted by molar-refractivity contribution is -0.386. The summed E-state index contributed by atoms with van der Waals surface area (Å²) in [6, 6.07) is 2.49. The van der Waals surface area contributed by atoms with E-state index < -0.39 is 22.1 Å². The van der Waals surface area contributed by atoms with Crippen molar-refractivity contribution in [2.75, 3.05) is 0 Å². The minimum Gasteiger partial charge on any atom is -0.309 e. The van der Waals surface area contributed by atoms with Gasteiger partial charge in [-0.3, -0.25) is 25.1 Å². The molecular formula is C8H10N4O4. The van der Waals surface area contributed by atoms with Crippen molar-refractivity contribution in [1.82, 2.24) is 9.99 Å². The number of hydrazine groups is 1. The van der Waals surface area contributed by atoms with Gasteiger partial charge in [0, 0.05) is 25.2 Å². The molecule has 0 aromatic carbocycles. The van der Waals surface area contributed by atoms with Crippen molar-refractivity contribution in [3.63, 3.8) is 0 Å². The molecule has 0 fully saturated rings. The summed E-state index contributed by atoms with van der Waals surface area (Å²) in [5.74, 6) is 4.41. The zero-order valence-corrected chi connectivity index (χ0v) is 8.25. The molecule has 1 amide bonds. The molecule has 0 aliphatic rings. The van der Waals surface area contributed by atoms with Crippen LogP contribution in [0.25, 0.3) is 0 Å². The first-order valence-corrected chi connectivity index (χ1v) is 4.39. The number of rotatable bonds is 4. The third-order valence-corrected chi connectivity index (χ3v) is 1.94. The highest BCUT2D eigenvalue weighted by Crippen LogP contribution is 2.01. The first kappa shape index (κ1) is 11.9. The van der Waals surface area contributed by atoms with Crippen molar-refractivity contribution in [3.05, 3.63) is 38.8 Å². The highest BCUT2D eigenvalue weighted by molar-refractivity contribution is 5.75. The smallest absolute Gasteiger partial charge is 0.309 e. The lowest BCUT2D eigenvalue weighted by Crippen LogP contribution is -2.32. The van der Waals surface area contributed by atoms with E-state index in [1.807, 2.05) is 5.43 Å². The van der Waals surface area contributed by atoms with E-state index in [9.17, 15) is 19.7 Å². The van der Waals surface area contributed by atoms with Crippen LogP contribution < -0.4 is 16.8 Å². The molecule has 1 aromatic rings. The molecule has 0 aliphatic heterocycles. The first-order chi connectivity index (χ1) is 7.56. The second kappa shape index (κ2) is 5.03. The predicted octanol–water partition coefficient (Wildman–Crippen LogP) is -0.864. The lowest BCUT2D eigenvalue weighted by Gasteiger charge is -2.03. The predicted molar refractivity (Wildman–Crippen MR) is 54.3 cm³/mol. The molecule has 0 unspecified atom stereocenters. The lowest BCUT2D eigenvalue weighted by atomic mass is 10.3. The molecule has 1 heterocycles. The van der Waals surface area contributed by atoms with E-state index in [-0.39, 0.29) is 13.0 Å². The van der Waals surface area contributed by atoms with Gasteiger partial charge in [0.05, 0.1) is 4.92 Å². The number of nitrogens with zero attached hydrogens (tertiary/aromatic N) is 2. The van der Waals surface area contributed by atoms with Crippen LogP contribution in [0.4, 0.5) is 5.69 Å². The van der Waals surface area contributed by atoms with Crippen LogP contribution in [0, 0.1) is 10.1 Å². The number of pyridine rings is 1. The highest BCUT2D eigenvalue weighted by atomic mass is 16.6. The Hall–Kier alpha value is -2.22. The molecule has 0 bridgehead atoms. The van der Waals surface area contributed by atoms with Crippen molar-refractivity contribution in [3.8, 4) is 0 Å². The number of carbonyl (C=O) groups excluding carboxylic acids is 1. The molecule has 0 saturated heterocycles. The molecule has 86 valence electrons. The number of nitrogens with two attached hydrogens (primary N) is 1. The molecule has 0 radical (unpaired) electrons. The summed E-state index contributed by atoms with van der Waals surface area (Å²) in [5.41, 5.74) is 0.647. The van der Waals surface area contributed by atoms with Gasteiger partial charge in [-0.25, -0.2) is 5.84 Å².